The van der Waals surface area contributed by atoms with Crippen molar-refractivity contribution in [2.75, 3.05) is 39.1 Å². The number of carbonyl (C=O) groups excluding carboxylic acids is 2. The standard InChI is InChI=1S/C29H37ClFN5O4/c1-7-40-24-13-12-19(30)16-20(24)27(38)32-18-29(2,3)17-25(37)33-26-23(14-15-34(4)5)35(6)36(28(26)39)22-11-9-8-10-21(22)31/h8-13,16H,7,14-15,17-18H2,1-6H3,(H,32,38)(H,33,37). The van der Waals surface area contributed by atoms with Gasteiger partial charge in [0.2, 0.25) is 5.91 Å². The third kappa shape index (κ3) is 7.51. The zero-order valence-electron chi connectivity index (χ0n) is 23.8. The normalized spacial score (nSPS) is 11.5. The van der Waals surface area contributed by atoms with Crippen molar-refractivity contribution in [3.8, 4) is 11.4 Å². The molecule has 0 aliphatic carbocycles. The lowest BCUT2D eigenvalue weighted by molar-refractivity contribution is -0.118. The Morgan fingerprint density at radius 3 is 2.50 bits per heavy atom. The van der Waals surface area contributed by atoms with Gasteiger partial charge < -0.3 is 20.3 Å². The Balaban J connectivity index is 1.79. The molecule has 1 heterocycles. The molecule has 0 aliphatic heterocycles. The fraction of sp³-hybridized carbons (Fsp3) is 0.414. The van der Waals surface area contributed by atoms with Crippen LogP contribution in [0.25, 0.3) is 5.69 Å². The van der Waals surface area contributed by atoms with Gasteiger partial charge in [-0.3, -0.25) is 19.1 Å². The van der Waals surface area contributed by atoms with Crippen LogP contribution in [0.15, 0.2) is 47.3 Å². The van der Waals surface area contributed by atoms with E-state index in [4.69, 9.17) is 16.3 Å². The van der Waals surface area contributed by atoms with E-state index in [1.807, 2.05) is 39.8 Å². The maximum Gasteiger partial charge on any atom is 0.295 e. The third-order valence-corrected chi connectivity index (χ3v) is 6.61. The highest BCUT2D eigenvalue weighted by Gasteiger charge is 2.27. The molecule has 2 N–H and O–H groups in total. The van der Waals surface area contributed by atoms with Gasteiger partial charge in [0.25, 0.3) is 11.5 Å². The topological polar surface area (TPSA) is 97.6 Å². The first kappa shape index (κ1) is 30.9. The van der Waals surface area contributed by atoms with Crippen molar-refractivity contribution < 1.29 is 18.7 Å². The van der Waals surface area contributed by atoms with Crippen molar-refractivity contribution in [1.82, 2.24) is 19.6 Å². The number of ether oxygens (including phenoxy) is 1. The molecule has 0 bridgehead atoms. The molecule has 0 atom stereocenters. The lowest BCUT2D eigenvalue weighted by Crippen LogP contribution is -2.37. The summed E-state index contributed by atoms with van der Waals surface area (Å²) in [7, 11) is 5.48. The van der Waals surface area contributed by atoms with Crippen LogP contribution in [0.2, 0.25) is 5.02 Å². The number of aromatic nitrogens is 2. The SMILES string of the molecule is CCOc1ccc(Cl)cc1C(=O)NCC(C)(C)CC(=O)Nc1c(CCN(C)C)n(C)n(-c2ccccc2F)c1=O. The Morgan fingerprint density at radius 1 is 1.15 bits per heavy atom. The van der Waals surface area contributed by atoms with E-state index in [0.29, 0.717) is 41.6 Å². The van der Waals surface area contributed by atoms with E-state index in [1.54, 1.807) is 36.0 Å². The molecule has 9 nitrogen and oxygen atoms in total. The number of hydrogen-bond donors (Lipinski definition) is 2. The Labute approximate surface area is 238 Å². The highest BCUT2D eigenvalue weighted by Crippen LogP contribution is 2.25. The number of carbonyl (C=O) groups is 2. The Hall–Kier alpha value is -3.63. The zero-order chi connectivity index (χ0) is 29.6. The average Bonchev–Trinajstić information content (AvgIpc) is 3.10. The first-order valence-electron chi connectivity index (χ1n) is 13.1. The molecular formula is C29H37ClFN5O4. The van der Waals surface area contributed by atoms with Crippen molar-refractivity contribution in [1.29, 1.82) is 0 Å². The molecule has 11 heteroatoms. The number of likely N-dealkylation sites (N-methyl/N-ethyl adjacent to an activating group) is 1. The minimum Gasteiger partial charge on any atom is -0.493 e. The van der Waals surface area contributed by atoms with Crippen molar-refractivity contribution >= 4 is 29.1 Å². The molecule has 0 aliphatic rings. The lowest BCUT2D eigenvalue weighted by atomic mass is 9.88. The maximum atomic E-state index is 14.6. The van der Waals surface area contributed by atoms with E-state index in [9.17, 15) is 18.8 Å². The molecule has 0 saturated carbocycles. The summed E-state index contributed by atoms with van der Waals surface area (Å²) in [5, 5.41) is 6.04. The molecule has 0 spiro atoms. The van der Waals surface area contributed by atoms with E-state index in [2.05, 4.69) is 10.6 Å². The van der Waals surface area contributed by atoms with Gasteiger partial charge in [-0.2, -0.15) is 0 Å². The molecule has 0 radical (unpaired) electrons. The van der Waals surface area contributed by atoms with Gasteiger partial charge in [0.1, 0.15) is 22.9 Å². The number of halogens is 2. The van der Waals surface area contributed by atoms with E-state index < -0.39 is 22.7 Å². The van der Waals surface area contributed by atoms with E-state index >= 15 is 0 Å². The fourth-order valence-corrected chi connectivity index (χ4v) is 4.51. The molecule has 216 valence electrons. The second-order valence-corrected chi connectivity index (χ2v) is 11.0. The Morgan fingerprint density at radius 2 is 1.85 bits per heavy atom. The molecule has 0 saturated heterocycles. The van der Waals surface area contributed by atoms with Gasteiger partial charge in [-0.1, -0.05) is 37.6 Å². The molecule has 3 aromatic rings. The molecule has 2 amide bonds. The average molecular weight is 574 g/mol. The van der Waals surface area contributed by atoms with Crippen molar-refractivity contribution in [2.45, 2.75) is 33.6 Å². The summed E-state index contributed by atoms with van der Waals surface area (Å²) in [4.78, 5) is 41.5. The van der Waals surface area contributed by atoms with E-state index in [-0.39, 0.29) is 30.2 Å². The molecule has 0 fully saturated rings. The summed E-state index contributed by atoms with van der Waals surface area (Å²) in [5.74, 6) is -0.903. The van der Waals surface area contributed by atoms with Crippen LogP contribution in [0.1, 0.15) is 43.2 Å². The molecular weight excluding hydrogens is 537 g/mol. The first-order valence-corrected chi connectivity index (χ1v) is 13.4. The van der Waals surface area contributed by atoms with Gasteiger partial charge in [0.15, 0.2) is 0 Å². The predicted octanol–water partition coefficient (Wildman–Crippen LogP) is 4.26. The van der Waals surface area contributed by atoms with Crippen LogP contribution in [0.4, 0.5) is 10.1 Å². The summed E-state index contributed by atoms with van der Waals surface area (Å²) < 4.78 is 23.0. The number of rotatable bonds is 12. The number of hydrogen-bond acceptors (Lipinski definition) is 5. The fourth-order valence-electron chi connectivity index (χ4n) is 4.34. The number of amides is 2. The van der Waals surface area contributed by atoms with Gasteiger partial charge in [0.05, 0.1) is 17.9 Å². The number of benzene rings is 2. The minimum atomic E-state index is -0.659. The lowest BCUT2D eigenvalue weighted by Gasteiger charge is -2.24. The second kappa shape index (κ2) is 13.1. The van der Waals surface area contributed by atoms with Gasteiger partial charge in [0, 0.05) is 38.0 Å². The van der Waals surface area contributed by atoms with Crippen LogP contribution < -0.4 is 20.9 Å². The monoisotopic (exact) mass is 573 g/mol. The highest BCUT2D eigenvalue weighted by molar-refractivity contribution is 6.31. The van der Waals surface area contributed by atoms with Crippen LogP contribution in [0.5, 0.6) is 5.75 Å². The Kier molecular flexibility index (Phi) is 10.2. The predicted molar refractivity (Wildman–Crippen MR) is 155 cm³/mol. The van der Waals surface area contributed by atoms with Crippen molar-refractivity contribution in [3.63, 3.8) is 0 Å². The van der Waals surface area contributed by atoms with Crippen LogP contribution in [0, 0.1) is 11.2 Å². The summed E-state index contributed by atoms with van der Waals surface area (Å²) in [6, 6.07) is 10.8. The molecule has 2 aromatic carbocycles. The number of nitrogens with zero attached hydrogens (tertiary/aromatic N) is 3. The molecule has 40 heavy (non-hydrogen) atoms. The van der Waals surface area contributed by atoms with E-state index in [1.165, 1.54) is 22.9 Å². The zero-order valence-corrected chi connectivity index (χ0v) is 24.6. The van der Waals surface area contributed by atoms with Crippen LogP contribution in [0.3, 0.4) is 0 Å². The Bertz CT molecular complexity index is 1430. The van der Waals surface area contributed by atoms with Crippen molar-refractivity contribution in [2.24, 2.45) is 12.5 Å². The van der Waals surface area contributed by atoms with Crippen LogP contribution in [-0.4, -0.2) is 59.9 Å². The smallest absolute Gasteiger partial charge is 0.295 e. The van der Waals surface area contributed by atoms with Gasteiger partial charge in [-0.05, 0) is 56.8 Å². The van der Waals surface area contributed by atoms with Gasteiger partial charge in [-0.15, -0.1) is 0 Å². The van der Waals surface area contributed by atoms with Crippen molar-refractivity contribution in [3.05, 3.63) is 74.9 Å². The minimum absolute atomic E-state index is 0.0162. The van der Waals surface area contributed by atoms with E-state index in [0.717, 1.165) is 0 Å². The third-order valence-electron chi connectivity index (χ3n) is 6.38. The maximum absolute atomic E-state index is 14.6. The first-order chi connectivity index (χ1) is 18.8. The largest absolute Gasteiger partial charge is 0.493 e. The summed E-state index contributed by atoms with van der Waals surface area (Å²) in [5.41, 5.74) is -0.100. The van der Waals surface area contributed by atoms with Gasteiger partial charge >= 0.3 is 0 Å². The number of para-hydroxylation sites is 1. The van der Waals surface area contributed by atoms with Gasteiger partial charge in [-0.25, -0.2) is 9.07 Å². The number of anilines is 1. The summed E-state index contributed by atoms with van der Waals surface area (Å²) in [6.45, 7) is 6.68. The summed E-state index contributed by atoms with van der Waals surface area (Å²) >= 11 is 6.08. The summed E-state index contributed by atoms with van der Waals surface area (Å²) in [6.07, 6.45) is 0.472. The van der Waals surface area contributed by atoms with Crippen LogP contribution >= 0.6 is 11.6 Å². The second-order valence-electron chi connectivity index (χ2n) is 10.6. The quantitative estimate of drug-likeness (QED) is 0.337. The molecule has 3 rings (SSSR count). The molecule has 0 unspecified atom stereocenters. The highest BCUT2D eigenvalue weighted by atomic mass is 35.5. The van der Waals surface area contributed by atoms with Crippen LogP contribution in [-0.2, 0) is 18.3 Å². The molecule has 1 aromatic heterocycles. The number of nitrogens with one attached hydrogen (secondary N) is 2.